The zero-order valence-electron chi connectivity index (χ0n) is 14.3. The van der Waals surface area contributed by atoms with Crippen LogP contribution in [-0.2, 0) is 14.4 Å². The predicted octanol–water partition coefficient (Wildman–Crippen LogP) is 2.57. The second-order valence-corrected chi connectivity index (χ2v) is 7.50. The van der Waals surface area contributed by atoms with Gasteiger partial charge in [0.25, 0.3) is 0 Å². The van der Waals surface area contributed by atoms with E-state index in [1.54, 1.807) is 0 Å². The van der Waals surface area contributed by atoms with Crippen molar-refractivity contribution in [2.75, 3.05) is 16.8 Å². The molecule has 7 heteroatoms. The van der Waals surface area contributed by atoms with Gasteiger partial charge in [0.1, 0.15) is 0 Å². The largest absolute Gasteiger partial charge is 0.481 e. The highest BCUT2D eigenvalue weighted by molar-refractivity contribution is 8.00. The van der Waals surface area contributed by atoms with E-state index in [2.05, 4.69) is 10.6 Å². The molecule has 1 fully saturated rings. The summed E-state index contributed by atoms with van der Waals surface area (Å²) in [6, 6.07) is 7.50. The number of benzene rings is 1. The van der Waals surface area contributed by atoms with Crippen LogP contribution < -0.4 is 10.6 Å². The van der Waals surface area contributed by atoms with E-state index >= 15 is 0 Å². The molecule has 0 unspecified atom stereocenters. The van der Waals surface area contributed by atoms with Gasteiger partial charge in [-0.2, -0.15) is 0 Å². The first kappa shape index (κ1) is 19.3. The van der Waals surface area contributed by atoms with Crippen LogP contribution in [0.25, 0.3) is 0 Å². The Hall–Kier alpha value is -2.02. The summed E-state index contributed by atoms with van der Waals surface area (Å²) < 4.78 is 0. The molecule has 0 aromatic heterocycles. The van der Waals surface area contributed by atoms with Gasteiger partial charge in [0.2, 0.25) is 11.8 Å². The molecule has 0 bridgehead atoms. The van der Waals surface area contributed by atoms with Crippen molar-refractivity contribution >= 4 is 35.2 Å². The molecule has 0 aliphatic heterocycles. The molecule has 2 amide bonds. The summed E-state index contributed by atoms with van der Waals surface area (Å²) in [7, 11) is 0. The summed E-state index contributed by atoms with van der Waals surface area (Å²) in [4.78, 5) is 35.0. The number of nitrogens with one attached hydrogen (secondary N) is 2. The Bertz CT molecular complexity index is 624. The lowest BCUT2D eigenvalue weighted by molar-refractivity contribution is -0.139. The molecule has 0 heterocycles. The molecule has 1 saturated carbocycles. The average molecular weight is 364 g/mol. The first-order chi connectivity index (χ1) is 11.9. The quantitative estimate of drug-likeness (QED) is 0.659. The molecule has 2 rings (SSSR count). The van der Waals surface area contributed by atoms with Crippen LogP contribution in [-0.4, -0.2) is 39.9 Å². The standard InChI is InChI=1S/C18H24N2O4S/c1-13-4-6-14(7-5-13)19-15(21)11-25-12-16(22)20-18(10-17(23)24)8-2-3-9-18/h4-7H,2-3,8-12H2,1H3,(H,19,21)(H,20,22)(H,23,24). The Morgan fingerprint density at radius 2 is 1.68 bits per heavy atom. The molecule has 0 spiro atoms. The second kappa shape index (κ2) is 8.89. The van der Waals surface area contributed by atoms with Crippen molar-refractivity contribution in [1.82, 2.24) is 5.32 Å². The number of hydrogen-bond donors (Lipinski definition) is 3. The van der Waals surface area contributed by atoms with E-state index in [0.717, 1.165) is 24.1 Å². The smallest absolute Gasteiger partial charge is 0.305 e. The average Bonchev–Trinajstić information content (AvgIpc) is 2.96. The van der Waals surface area contributed by atoms with Crippen molar-refractivity contribution < 1.29 is 19.5 Å². The zero-order valence-corrected chi connectivity index (χ0v) is 15.2. The number of carbonyl (C=O) groups is 3. The predicted molar refractivity (Wildman–Crippen MR) is 98.7 cm³/mol. The van der Waals surface area contributed by atoms with Gasteiger partial charge in [-0.1, -0.05) is 30.5 Å². The van der Waals surface area contributed by atoms with E-state index in [1.807, 2.05) is 31.2 Å². The maximum atomic E-state index is 12.1. The lowest BCUT2D eigenvalue weighted by atomic mass is 9.93. The van der Waals surface area contributed by atoms with Crippen LogP contribution in [0, 0.1) is 6.92 Å². The minimum Gasteiger partial charge on any atom is -0.481 e. The molecule has 136 valence electrons. The number of anilines is 1. The third kappa shape index (κ3) is 6.42. The summed E-state index contributed by atoms with van der Waals surface area (Å²) in [6.07, 6.45) is 3.21. The number of hydrogen-bond acceptors (Lipinski definition) is 4. The number of aryl methyl sites for hydroxylation is 1. The van der Waals surface area contributed by atoms with E-state index in [1.165, 1.54) is 11.8 Å². The van der Waals surface area contributed by atoms with Gasteiger partial charge in [-0.3, -0.25) is 14.4 Å². The van der Waals surface area contributed by atoms with Gasteiger partial charge in [-0.25, -0.2) is 0 Å². The molecule has 1 aliphatic rings. The summed E-state index contributed by atoms with van der Waals surface area (Å²) in [5.74, 6) is -0.956. The third-order valence-corrected chi connectivity index (χ3v) is 5.19. The fourth-order valence-electron chi connectivity index (χ4n) is 3.09. The van der Waals surface area contributed by atoms with E-state index < -0.39 is 11.5 Å². The minimum absolute atomic E-state index is 0.0443. The molecule has 3 N–H and O–H groups in total. The molecule has 1 aromatic rings. The molecule has 25 heavy (non-hydrogen) atoms. The van der Waals surface area contributed by atoms with Crippen molar-refractivity contribution in [3.05, 3.63) is 29.8 Å². The number of amides is 2. The first-order valence-electron chi connectivity index (χ1n) is 8.36. The Balaban J connectivity index is 1.73. The van der Waals surface area contributed by atoms with Crippen molar-refractivity contribution in [2.24, 2.45) is 0 Å². The van der Waals surface area contributed by atoms with Crippen molar-refractivity contribution in [3.63, 3.8) is 0 Å². The third-order valence-electron chi connectivity index (χ3n) is 4.26. The van der Waals surface area contributed by atoms with Crippen molar-refractivity contribution in [1.29, 1.82) is 0 Å². The summed E-state index contributed by atoms with van der Waals surface area (Å²) in [6.45, 7) is 1.97. The van der Waals surface area contributed by atoms with Gasteiger partial charge in [-0.15, -0.1) is 11.8 Å². The summed E-state index contributed by atoms with van der Waals surface area (Å²) >= 11 is 1.22. The van der Waals surface area contributed by atoms with Crippen molar-refractivity contribution in [3.8, 4) is 0 Å². The molecule has 0 radical (unpaired) electrons. The molecule has 6 nitrogen and oxygen atoms in total. The van der Waals surface area contributed by atoms with Gasteiger partial charge in [-0.05, 0) is 31.9 Å². The lowest BCUT2D eigenvalue weighted by Gasteiger charge is -2.28. The highest BCUT2D eigenvalue weighted by Gasteiger charge is 2.37. The number of carboxylic acid groups (broad SMARTS) is 1. The van der Waals surface area contributed by atoms with Crippen LogP contribution >= 0.6 is 11.8 Å². The maximum absolute atomic E-state index is 12.1. The van der Waals surface area contributed by atoms with Gasteiger partial charge in [0.15, 0.2) is 0 Å². The Morgan fingerprint density at radius 3 is 2.28 bits per heavy atom. The summed E-state index contributed by atoms with van der Waals surface area (Å²) in [5.41, 5.74) is 1.23. The normalized spacial score (nSPS) is 15.6. The molecule has 0 atom stereocenters. The number of thioether (sulfide) groups is 1. The Kier molecular flexibility index (Phi) is 6.87. The van der Waals surface area contributed by atoms with Crippen LogP contribution in [0.2, 0.25) is 0 Å². The van der Waals surface area contributed by atoms with Gasteiger partial charge < -0.3 is 15.7 Å². The molecular formula is C18H24N2O4S. The van der Waals surface area contributed by atoms with Crippen LogP contribution in [0.4, 0.5) is 5.69 Å². The van der Waals surface area contributed by atoms with Gasteiger partial charge in [0, 0.05) is 5.69 Å². The summed E-state index contributed by atoms with van der Waals surface area (Å²) in [5, 5.41) is 14.7. The van der Waals surface area contributed by atoms with E-state index in [9.17, 15) is 14.4 Å². The minimum atomic E-state index is -0.896. The zero-order chi connectivity index (χ0) is 18.3. The number of carboxylic acids is 1. The van der Waals surface area contributed by atoms with E-state index in [0.29, 0.717) is 12.8 Å². The Morgan fingerprint density at radius 1 is 1.08 bits per heavy atom. The maximum Gasteiger partial charge on any atom is 0.305 e. The van der Waals surface area contributed by atoms with Crippen molar-refractivity contribution in [2.45, 2.75) is 44.6 Å². The number of carbonyl (C=O) groups excluding carboxylic acids is 2. The monoisotopic (exact) mass is 364 g/mol. The molecule has 1 aliphatic carbocycles. The number of aliphatic carboxylic acids is 1. The first-order valence-corrected chi connectivity index (χ1v) is 9.51. The fourth-order valence-corrected chi connectivity index (χ4v) is 3.71. The fraction of sp³-hybridized carbons (Fsp3) is 0.500. The Labute approximate surface area is 151 Å². The van der Waals surface area contributed by atoms with E-state index in [-0.39, 0.29) is 29.7 Å². The second-order valence-electron chi connectivity index (χ2n) is 6.51. The van der Waals surface area contributed by atoms with E-state index in [4.69, 9.17) is 5.11 Å². The van der Waals surface area contributed by atoms with Gasteiger partial charge >= 0.3 is 5.97 Å². The van der Waals surface area contributed by atoms with Crippen LogP contribution in [0.3, 0.4) is 0 Å². The van der Waals surface area contributed by atoms with Gasteiger partial charge in [0.05, 0.1) is 23.5 Å². The highest BCUT2D eigenvalue weighted by Crippen LogP contribution is 2.32. The molecule has 1 aromatic carbocycles. The SMILES string of the molecule is Cc1ccc(NC(=O)CSCC(=O)NC2(CC(=O)O)CCCC2)cc1. The van der Waals surface area contributed by atoms with Crippen LogP contribution in [0.15, 0.2) is 24.3 Å². The van der Waals surface area contributed by atoms with Crippen LogP contribution in [0.1, 0.15) is 37.7 Å². The topological polar surface area (TPSA) is 95.5 Å². The highest BCUT2D eigenvalue weighted by atomic mass is 32.2. The van der Waals surface area contributed by atoms with Crippen LogP contribution in [0.5, 0.6) is 0 Å². The molecular weight excluding hydrogens is 340 g/mol. The number of rotatable bonds is 8. The molecule has 0 saturated heterocycles. The lowest BCUT2D eigenvalue weighted by Crippen LogP contribution is -2.48.